The molecule has 8 heteroatoms. The van der Waals surface area contributed by atoms with Gasteiger partial charge in [-0.1, -0.05) is 5.16 Å². The zero-order chi connectivity index (χ0) is 14.9. The van der Waals surface area contributed by atoms with Crippen molar-refractivity contribution in [3.63, 3.8) is 0 Å². The molecule has 2 aromatic rings. The van der Waals surface area contributed by atoms with Crippen LogP contribution in [0.5, 0.6) is 0 Å². The van der Waals surface area contributed by atoms with Gasteiger partial charge in [0.25, 0.3) is 0 Å². The Balaban J connectivity index is 1.83. The van der Waals surface area contributed by atoms with Crippen LogP contribution in [0.3, 0.4) is 0 Å². The fourth-order valence-corrected chi connectivity index (χ4v) is 3.98. The molecule has 0 saturated carbocycles. The maximum absolute atomic E-state index is 12.6. The molecule has 2 aromatic heterocycles. The van der Waals surface area contributed by atoms with Crippen LogP contribution in [0.25, 0.3) is 0 Å². The third-order valence-corrected chi connectivity index (χ3v) is 5.40. The van der Waals surface area contributed by atoms with E-state index in [1.165, 1.54) is 10.5 Å². The van der Waals surface area contributed by atoms with Gasteiger partial charge in [-0.05, 0) is 31.9 Å². The highest BCUT2D eigenvalue weighted by atomic mass is 32.2. The molecule has 0 aromatic carbocycles. The number of hydrogen-bond acceptors (Lipinski definition) is 6. The molecule has 112 valence electrons. The fraction of sp³-hybridized carbons (Fsp3) is 0.462. The molecule has 0 aliphatic carbocycles. The number of aromatic nitrogens is 3. The first-order chi connectivity index (χ1) is 10.1. The van der Waals surface area contributed by atoms with Gasteiger partial charge in [0.1, 0.15) is 4.90 Å². The van der Waals surface area contributed by atoms with Crippen molar-refractivity contribution in [2.24, 2.45) is 0 Å². The molecule has 1 aliphatic heterocycles. The van der Waals surface area contributed by atoms with Crippen LogP contribution in [0.2, 0.25) is 0 Å². The molecule has 21 heavy (non-hydrogen) atoms. The molecular weight excluding hydrogens is 292 g/mol. The van der Waals surface area contributed by atoms with Crippen LogP contribution in [-0.4, -0.2) is 40.9 Å². The third kappa shape index (κ3) is 2.81. The van der Waals surface area contributed by atoms with Crippen molar-refractivity contribution >= 4 is 10.0 Å². The van der Waals surface area contributed by atoms with Crippen molar-refractivity contribution in [2.45, 2.75) is 30.6 Å². The van der Waals surface area contributed by atoms with Gasteiger partial charge < -0.3 is 4.52 Å². The van der Waals surface area contributed by atoms with E-state index in [4.69, 9.17) is 4.52 Å². The van der Waals surface area contributed by atoms with Crippen molar-refractivity contribution in [2.75, 3.05) is 13.1 Å². The largest absolute Gasteiger partial charge is 0.339 e. The highest BCUT2D eigenvalue weighted by Crippen LogP contribution is 2.29. The van der Waals surface area contributed by atoms with Crippen molar-refractivity contribution in [3.8, 4) is 0 Å². The molecule has 0 N–H and O–H groups in total. The average Bonchev–Trinajstić information content (AvgIpc) is 2.95. The summed E-state index contributed by atoms with van der Waals surface area (Å²) in [4.78, 5) is 8.31. The van der Waals surface area contributed by atoms with Crippen molar-refractivity contribution in [1.29, 1.82) is 0 Å². The van der Waals surface area contributed by atoms with E-state index in [2.05, 4.69) is 15.1 Å². The van der Waals surface area contributed by atoms with Gasteiger partial charge in [-0.3, -0.25) is 4.98 Å². The highest BCUT2D eigenvalue weighted by Gasteiger charge is 2.33. The molecule has 0 unspecified atom stereocenters. The second kappa shape index (κ2) is 5.53. The fourth-order valence-electron chi connectivity index (χ4n) is 2.49. The third-order valence-electron chi connectivity index (χ3n) is 3.55. The van der Waals surface area contributed by atoms with Crippen LogP contribution in [0.4, 0.5) is 0 Å². The Labute approximate surface area is 123 Å². The summed E-state index contributed by atoms with van der Waals surface area (Å²) >= 11 is 0. The maximum Gasteiger partial charge on any atom is 0.244 e. The van der Waals surface area contributed by atoms with E-state index < -0.39 is 10.0 Å². The Hall–Kier alpha value is -1.80. The maximum atomic E-state index is 12.6. The van der Waals surface area contributed by atoms with Crippen molar-refractivity contribution in [1.82, 2.24) is 19.4 Å². The predicted molar refractivity (Wildman–Crippen MR) is 74.0 cm³/mol. The van der Waals surface area contributed by atoms with Gasteiger partial charge in [-0.25, -0.2) is 8.42 Å². The van der Waals surface area contributed by atoms with Crippen molar-refractivity contribution < 1.29 is 12.9 Å². The van der Waals surface area contributed by atoms with E-state index in [-0.39, 0.29) is 10.8 Å². The molecule has 7 nitrogen and oxygen atoms in total. The molecule has 3 rings (SSSR count). The average molecular weight is 308 g/mol. The number of rotatable bonds is 3. The van der Waals surface area contributed by atoms with Gasteiger partial charge in [0.15, 0.2) is 5.82 Å². The number of sulfonamides is 1. The Morgan fingerprint density at radius 1 is 1.43 bits per heavy atom. The minimum absolute atomic E-state index is 0.0496. The monoisotopic (exact) mass is 308 g/mol. The summed E-state index contributed by atoms with van der Waals surface area (Å²) in [6, 6.07) is 3.18. The Bertz CT molecular complexity index is 714. The normalized spacial score (nSPS) is 20.5. The van der Waals surface area contributed by atoms with Crippen LogP contribution >= 0.6 is 0 Å². The summed E-state index contributed by atoms with van der Waals surface area (Å²) in [5.74, 6) is 1.03. The standard InChI is InChI=1S/C13H16N4O3S/c1-10-15-13(20-16-10)11-4-3-7-17(9-11)21(18,19)12-5-2-6-14-8-12/h2,5-6,8,11H,3-4,7,9H2,1H3/t11-/m0/s1. The molecule has 0 bridgehead atoms. The summed E-state index contributed by atoms with van der Waals surface area (Å²) in [5.41, 5.74) is 0. The lowest BCUT2D eigenvalue weighted by Gasteiger charge is -2.30. The van der Waals surface area contributed by atoms with Gasteiger partial charge in [0, 0.05) is 25.5 Å². The van der Waals surface area contributed by atoms with E-state index in [0.29, 0.717) is 24.8 Å². The van der Waals surface area contributed by atoms with E-state index in [1.54, 1.807) is 25.3 Å². The quantitative estimate of drug-likeness (QED) is 0.850. The second-order valence-electron chi connectivity index (χ2n) is 5.07. The number of hydrogen-bond donors (Lipinski definition) is 0. The summed E-state index contributed by atoms with van der Waals surface area (Å²) in [5, 5.41) is 3.77. The summed E-state index contributed by atoms with van der Waals surface area (Å²) in [6.45, 7) is 2.61. The molecule has 0 spiro atoms. The van der Waals surface area contributed by atoms with Crippen LogP contribution in [0.1, 0.15) is 30.5 Å². The van der Waals surface area contributed by atoms with E-state index in [0.717, 1.165) is 12.8 Å². The Kier molecular flexibility index (Phi) is 3.73. The van der Waals surface area contributed by atoms with Crippen LogP contribution in [-0.2, 0) is 10.0 Å². The molecule has 0 amide bonds. The van der Waals surface area contributed by atoms with Crippen LogP contribution < -0.4 is 0 Å². The van der Waals surface area contributed by atoms with Crippen LogP contribution in [0.15, 0.2) is 33.9 Å². The number of piperidine rings is 1. The highest BCUT2D eigenvalue weighted by molar-refractivity contribution is 7.89. The molecule has 3 heterocycles. The first kappa shape index (κ1) is 14.2. The van der Waals surface area contributed by atoms with Gasteiger partial charge in [-0.15, -0.1) is 0 Å². The van der Waals surface area contributed by atoms with E-state index in [1.807, 2.05) is 0 Å². The number of aryl methyl sites for hydroxylation is 1. The minimum Gasteiger partial charge on any atom is -0.339 e. The zero-order valence-electron chi connectivity index (χ0n) is 11.6. The summed E-state index contributed by atoms with van der Waals surface area (Å²) in [6.07, 6.45) is 4.54. The predicted octanol–water partition coefficient (Wildman–Crippen LogP) is 1.34. The summed E-state index contributed by atoms with van der Waals surface area (Å²) < 4.78 is 31.8. The number of pyridine rings is 1. The molecule has 0 radical (unpaired) electrons. The zero-order valence-corrected chi connectivity index (χ0v) is 12.5. The molecular formula is C13H16N4O3S. The van der Waals surface area contributed by atoms with Gasteiger partial charge >= 0.3 is 0 Å². The SMILES string of the molecule is Cc1noc([C@H]2CCCN(S(=O)(=O)c3cccnc3)C2)n1. The Morgan fingerprint density at radius 3 is 2.95 bits per heavy atom. The Morgan fingerprint density at radius 2 is 2.29 bits per heavy atom. The van der Waals surface area contributed by atoms with E-state index in [9.17, 15) is 8.42 Å². The topological polar surface area (TPSA) is 89.2 Å². The smallest absolute Gasteiger partial charge is 0.244 e. The second-order valence-corrected chi connectivity index (χ2v) is 7.01. The molecule has 1 fully saturated rings. The molecule has 1 aliphatic rings. The first-order valence-corrected chi connectivity index (χ1v) is 8.22. The van der Waals surface area contributed by atoms with E-state index >= 15 is 0 Å². The lowest BCUT2D eigenvalue weighted by molar-refractivity contribution is 0.265. The lowest BCUT2D eigenvalue weighted by Crippen LogP contribution is -2.39. The lowest BCUT2D eigenvalue weighted by atomic mass is 10.00. The first-order valence-electron chi connectivity index (χ1n) is 6.78. The molecule has 1 atom stereocenters. The van der Waals surface area contributed by atoms with Gasteiger partial charge in [-0.2, -0.15) is 9.29 Å². The minimum atomic E-state index is -3.52. The van der Waals surface area contributed by atoms with Gasteiger partial charge in [0.05, 0.1) is 5.92 Å². The number of nitrogens with zero attached hydrogens (tertiary/aromatic N) is 4. The van der Waals surface area contributed by atoms with Gasteiger partial charge in [0.2, 0.25) is 15.9 Å². The van der Waals surface area contributed by atoms with Crippen LogP contribution in [0, 0.1) is 6.92 Å². The van der Waals surface area contributed by atoms with Crippen molar-refractivity contribution in [3.05, 3.63) is 36.2 Å². The molecule has 1 saturated heterocycles. The summed E-state index contributed by atoms with van der Waals surface area (Å²) in [7, 11) is -3.52.